The third-order valence-corrected chi connectivity index (χ3v) is 6.31. The molecule has 4 heterocycles. The van der Waals surface area contributed by atoms with Gasteiger partial charge in [-0.1, -0.05) is 59.7 Å². The Hall–Kier alpha value is -4.44. The molecule has 6 rings (SSSR count). The fraction of sp³-hybridized carbons (Fsp3) is 0.222. The molecule has 0 spiro atoms. The third-order valence-electron chi connectivity index (χ3n) is 6.31. The van der Waals surface area contributed by atoms with Crippen molar-refractivity contribution in [3.05, 3.63) is 89.4 Å². The van der Waals surface area contributed by atoms with Gasteiger partial charge in [-0.15, -0.1) is 5.10 Å². The second kappa shape index (κ2) is 9.90. The maximum absolute atomic E-state index is 14.1. The molecule has 2 aromatic carbocycles. The van der Waals surface area contributed by atoms with E-state index in [4.69, 9.17) is 14.1 Å². The van der Waals surface area contributed by atoms with Crippen LogP contribution < -0.4 is 10.2 Å². The number of halogens is 1. The highest BCUT2D eigenvalue weighted by Gasteiger charge is 2.28. The average Bonchev–Trinajstić information content (AvgIpc) is 3.35. The molecule has 1 N–H and O–H groups in total. The summed E-state index contributed by atoms with van der Waals surface area (Å²) in [7, 11) is 0. The summed E-state index contributed by atoms with van der Waals surface area (Å²) in [5.74, 6) is -0.0361. The zero-order valence-electron chi connectivity index (χ0n) is 19.8. The first kappa shape index (κ1) is 23.0. The van der Waals surface area contributed by atoms with Crippen LogP contribution in [0, 0.1) is 5.82 Å². The SMILES string of the molecule is O=C1Cc2ccccc2C(c2ccccc2)=NC1Nc1nnc(-c2cc(F)cnc2N2CCOCC2)o1. The maximum atomic E-state index is 14.1. The van der Waals surface area contributed by atoms with E-state index in [2.05, 4.69) is 20.5 Å². The van der Waals surface area contributed by atoms with Gasteiger partial charge in [0.2, 0.25) is 0 Å². The Morgan fingerprint density at radius 1 is 0.973 bits per heavy atom. The number of hydrogen-bond donors (Lipinski definition) is 1. The van der Waals surface area contributed by atoms with Crippen molar-refractivity contribution < 1.29 is 18.3 Å². The molecule has 1 saturated heterocycles. The Kier molecular flexibility index (Phi) is 6.15. The molecule has 2 aliphatic heterocycles. The Bertz CT molecular complexity index is 1470. The molecule has 9 nitrogen and oxygen atoms in total. The molecular formula is C27H23FN6O3. The molecule has 1 atom stereocenters. The number of fused-ring (bicyclic) bond motifs is 1. The number of ether oxygens (including phenoxy) is 1. The second-order valence-electron chi connectivity index (χ2n) is 8.73. The number of pyridine rings is 1. The Balaban J connectivity index is 1.33. The number of rotatable bonds is 5. The topological polar surface area (TPSA) is 106 Å². The number of nitrogens with zero attached hydrogens (tertiary/aromatic N) is 5. The minimum Gasteiger partial charge on any atom is -0.403 e. The summed E-state index contributed by atoms with van der Waals surface area (Å²) >= 11 is 0. The van der Waals surface area contributed by atoms with Gasteiger partial charge in [-0.2, -0.15) is 0 Å². The highest BCUT2D eigenvalue weighted by Crippen LogP contribution is 2.31. The summed E-state index contributed by atoms with van der Waals surface area (Å²) in [6.07, 6.45) is 0.412. The van der Waals surface area contributed by atoms with Gasteiger partial charge < -0.3 is 19.4 Å². The smallest absolute Gasteiger partial charge is 0.317 e. The number of aliphatic imine (C=N–C) groups is 1. The summed E-state index contributed by atoms with van der Waals surface area (Å²) in [5, 5.41) is 11.2. The van der Waals surface area contributed by atoms with Crippen LogP contribution in [0.4, 0.5) is 16.2 Å². The number of ketones is 1. The normalized spacial score (nSPS) is 17.6. The van der Waals surface area contributed by atoms with E-state index < -0.39 is 12.0 Å². The van der Waals surface area contributed by atoms with Crippen molar-refractivity contribution >= 4 is 23.3 Å². The molecule has 1 unspecified atom stereocenters. The van der Waals surface area contributed by atoms with Crippen molar-refractivity contribution in [3.63, 3.8) is 0 Å². The Morgan fingerprint density at radius 3 is 2.59 bits per heavy atom. The lowest BCUT2D eigenvalue weighted by Crippen LogP contribution is -2.37. The first-order chi connectivity index (χ1) is 18.2. The van der Waals surface area contributed by atoms with E-state index in [9.17, 15) is 9.18 Å². The molecule has 2 aliphatic rings. The van der Waals surface area contributed by atoms with Crippen molar-refractivity contribution in [2.24, 2.45) is 4.99 Å². The molecule has 10 heteroatoms. The first-order valence-corrected chi connectivity index (χ1v) is 12.0. The minimum absolute atomic E-state index is 0.00709. The van der Waals surface area contributed by atoms with E-state index in [0.29, 0.717) is 43.4 Å². The van der Waals surface area contributed by atoms with Crippen molar-refractivity contribution in [2.45, 2.75) is 12.6 Å². The first-order valence-electron chi connectivity index (χ1n) is 12.0. The summed E-state index contributed by atoms with van der Waals surface area (Å²) in [6, 6.07) is 18.8. The summed E-state index contributed by atoms with van der Waals surface area (Å²) in [5.41, 5.74) is 3.76. The van der Waals surface area contributed by atoms with Crippen LogP contribution in [-0.2, 0) is 16.0 Å². The number of aromatic nitrogens is 3. The molecule has 0 saturated carbocycles. The number of nitrogens with one attached hydrogen (secondary N) is 1. The molecule has 0 amide bonds. The minimum atomic E-state index is -0.944. The number of carbonyl (C=O) groups excluding carboxylic acids is 1. The lowest BCUT2D eigenvalue weighted by molar-refractivity contribution is -0.119. The highest BCUT2D eigenvalue weighted by atomic mass is 19.1. The summed E-state index contributed by atoms with van der Waals surface area (Å²) in [6.45, 7) is 2.31. The second-order valence-corrected chi connectivity index (χ2v) is 8.73. The largest absolute Gasteiger partial charge is 0.403 e. The van der Waals surface area contributed by atoms with E-state index in [1.54, 1.807) is 0 Å². The molecule has 0 radical (unpaired) electrons. The van der Waals surface area contributed by atoms with Crippen molar-refractivity contribution in [1.82, 2.24) is 15.2 Å². The quantitative estimate of drug-likeness (QED) is 0.446. The predicted molar refractivity (Wildman–Crippen MR) is 135 cm³/mol. The van der Waals surface area contributed by atoms with Crippen LogP contribution in [0.25, 0.3) is 11.5 Å². The van der Waals surface area contributed by atoms with E-state index in [1.165, 1.54) is 6.07 Å². The number of benzene rings is 2. The van der Waals surface area contributed by atoms with Crippen molar-refractivity contribution in [3.8, 4) is 11.5 Å². The van der Waals surface area contributed by atoms with Crippen LogP contribution in [0.1, 0.15) is 16.7 Å². The van der Waals surface area contributed by atoms with Gasteiger partial charge in [0.05, 0.1) is 30.7 Å². The number of hydrogen-bond acceptors (Lipinski definition) is 9. The Morgan fingerprint density at radius 2 is 1.76 bits per heavy atom. The molecule has 2 aromatic heterocycles. The van der Waals surface area contributed by atoms with Gasteiger partial charge in [-0.25, -0.2) is 9.37 Å². The molecule has 4 aromatic rings. The van der Waals surface area contributed by atoms with E-state index in [1.807, 2.05) is 59.5 Å². The van der Waals surface area contributed by atoms with Crippen LogP contribution in [-0.4, -0.2) is 59.1 Å². The van der Waals surface area contributed by atoms with Crippen LogP contribution in [0.5, 0.6) is 0 Å². The fourth-order valence-corrected chi connectivity index (χ4v) is 4.52. The van der Waals surface area contributed by atoms with Crippen molar-refractivity contribution in [1.29, 1.82) is 0 Å². The fourth-order valence-electron chi connectivity index (χ4n) is 4.52. The summed E-state index contributed by atoms with van der Waals surface area (Å²) < 4.78 is 25.4. The van der Waals surface area contributed by atoms with E-state index in [0.717, 1.165) is 22.9 Å². The molecule has 186 valence electrons. The van der Waals surface area contributed by atoms with Gasteiger partial charge in [0, 0.05) is 30.6 Å². The number of morpholine rings is 1. The highest BCUT2D eigenvalue weighted by molar-refractivity contribution is 6.16. The van der Waals surface area contributed by atoms with Gasteiger partial charge >= 0.3 is 6.01 Å². The molecule has 0 bridgehead atoms. The van der Waals surface area contributed by atoms with Gasteiger partial charge in [-0.05, 0) is 11.6 Å². The van der Waals surface area contributed by atoms with E-state index in [-0.39, 0.29) is 24.1 Å². The maximum Gasteiger partial charge on any atom is 0.317 e. The average molecular weight is 499 g/mol. The third kappa shape index (κ3) is 4.70. The number of carbonyl (C=O) groups is 1. The van der Waals surface area contributed by atoms with Gasteiger partial charge in [0.15, 0.2) is 11.9 Å². The Labute approximate surface area is 212 Å². The van der Waals surface area contributed by atoms with Crippen LogP contribution in [0.3, 0.4) is 0 Å². The van der Waals surface area contributed by atoms with Crippen molar-refractivity contribution in [2.75, 3.05) is 36.5 Å². The predicted octanol–water partition coefficient (Wildman–Crippen LogP) is 3.51. The van der Waals surface area contributed by atoms with Gasteiger partial charge in [0.1, 0.15) is 11.6 Å². The summed E-state index contributed by atoms with van der Waals surface area (Å²) in [4.78, 5) is 24.2. The van der Waals surface area contributed by atoms with Crippen LogP contribution >= 0.6 is 0 Å². The monoisotopic (exact) mass is 498 g/mol. The van der Waals surface area contributed by atoms with Crippen LogP contribution in [0.2, 0.25) is 0 Å². The standard InChI is InChI=1S/C27H23FN6O3/c28-19-15-21(25(29-16-19)34-10-12-36-13-11-34)26-32-33-27(37-26)31-24-22(35)14-18-8-4-5-9-20(18)23(30-24)17-6-2-1-3-7-17/h1-9,15-16,24H,10-14H2,(H,31,33). The lowest BCUT2D eigenvalue weighted by atomic mass is 9.96. The molecular weight excluding hydrogens is 475 g/mol. The zero-order valence-corrected chi connectivity index (χ0v) is 19.8. The number of Topliss-reactive ketones (excluding diaryl/α,β-unsaturated/α-hetero) is 1. The van der Waals surface area contributed by atoms with Gasteiger partial charge in [0.25, 0.3) is 5.89 Å². The lowest BCUT2D eigenvalue weighted by Gasteiger charge is -2.28. The van der Waals surface area contributed by atoms with E-state index >= 15 is 0 Å². The molecule has 0 aliphatic carbocycles. The number of anilines is 2. The zero-order chi connectivity index (χ0) is 25.2. The van der Waals surface area contributed by atoms with Gasteiger partial charge in [-0.3, -0.25) is 9.79 Å². The molecule has 1 fully saturated rings. The van der Waals surface area contributed by atoms with Crippen LogP contribution in [0.15, 0.2) is 76.3 Å². The molecule has 37 heavy (non-hydrogen) atoms.